The molecule has 0 spiro atoms. The van der Waals surface area contributed by atoms with E-state index in [1.165, 1.54) is 0 Å². The Labute approximate surface area is 92.9 Å². The minimum absolute atomic E-state index is 0.109. The van der Waals surface area contributed by atoms with Crippen molar-refractivity contribution >= 4 is 17.7 Å². The summed E-state index contributed by atoms with van der Waals surface area (Å²) in [6, 6.07) is 0. The lowest BCUT2D eigenvalue weighted by Crippen LogP contribution is -2.12. The van der Waals surface area contributed by atoms with Gasteiger partial charge in [0.2, 0.25) is 5.95 Å². The Kier molecular flexibility index (Phi) is 2.64. The van der Waals surface area contributed by atoms with Gasteiger partial charge in [-0.1, -0.05) is 0 Å². The molecule has 0 saturated heterocycles. The Balaban J connectivity index is 2.43. The van der Waals surface area contributed by atoms with Crippen molar-refractivity contribution in [3.05, 3.63) is 11.3 Å². The number of aromatic nitrogens is 2. The number of nitrogen functional groups attached to an aromatic ring is 1. The van der Waals surface area contributed by atoms with Crippen LogP contribution in [0.5, 0.6) is 0 Å². The molecule has 1 aliphatic carbocycles. The van der Waals surface area contributed by atoms with Crippen molar-refractivity contribution < 1.29 is 9.90 Å². The summed E-state index contributed by atoms with van der Waals surface area (Å²) >= 11 is 0. The van der Waals surface area contributed by atoms with Crippen LogP contribution in [0.2, 0.25) is 0 Å². The Bertz CT molecular complexity index is 429. The van der Waals surface area contributed by atoms with Crippen LogP contribution in [-0.2, 0) is 11.2 Å². The SMILES string of the molecule is CNc1nc(N)c(CC(=O)O)c(C2CC2)n1. The summed E-state index contributed by atoms with van der Waals surface area (Å²) < 4.78 is 0. The van der Waals surface area contributed by atoms with E-state index in [2.05, 4.69) is 15.3 Å². The Morgan fingerprint density at radius 3 is 2.75 bits per heavy atom. The minimum Gasteiger partial charge on any atom is -0.481 e. The summed E-state index contributed by atoms with van der Waals surface area (Å²) in [5.41, 5.74) is 7.11. The van der Waals surface area contributed by atoms with E-state index in [9.17, 15) is 4.79 Å². The molecule has 4 N–H and O–H groups in total. The van der Waals surface area contributed by atoms with Gasteiger partial charge in [0.25, 0.3) is 0 Å². The lowest BCUT2D eigenvalue weighted by molar-refractivity contribution is -0.136. The molecule has 0 atom stereocenters. The maximum Gasteiger partial charge on any atom is 0.308 e. The maximum absolute atomic E-state index is 10.7. The number of hydrogen-bond donors (Lipinski definition) is 3. The quantitative estimate of drug-likeness (QED) is 0.689. The molecule has 0 unspecified atom stereocenters. The van der Waals surface area contributed by atoms with Crippen molar-refractivity contribution in [2.75, 3.05) is 18.1 Å². The molecule has 6 heteroatoms. The van der Waals surface area contributed by atoms with Crippen LogP contribution in [0.1, 0.15) is 30.0 Å². The fourth-order valence-corrected chi connectivity index (χ4v) is 1.66. The number of nitrogens with one attached hydrogen (secondary N) is 1. The van der Waals surface area contributed by atoms with Crippen molar-refractivity contribution in [3.63, 3.8) is 0 Å². The fraction of sp³-hybridized carbons (Fsp3) is 0.500. The zero-order chi connectivity index (χ0) is 11.7. The van der Waals surface area contributed by atoms with Crippen molar-refractivity contribution in [3.8, 4) is 0 Å². The van der Waals surface area contributed by atoms with Crippen LogP contribution in [-0.4, -0.2) is 28.1 Å². The van der Waals surface area contributed by atoms with Gasteiger partial charge in [-0.3, -0.25) is 4.79 Å². The fourth-order valence-electron chi connectivity index (χ4n) is 1.66. The number of carboxylic acids is 1. The normalized spacial score (nSPS) is 14.8. The van der Waals surface area contributed by atoms with Crippen molar-refractivity contribution in [1.82, 2.24) is 9.97 Å². The highest BCUT2D eigenvalue weighted by Gasteiger charge is 2.30. The number of nitrogens with two attached hydrogens (primary N) is 1. The number of aliphatic carboxylic acids is 1. The van der Waals surface area contributed by atoms with Crippen LogP contribution in [0.3, 0.4) is 0 Å². The van der Waals surface area contributed by atoms with Gasteiger partial charge in [0.05, 0.1) is 12.1 Å². The third-order valence-electron chi connectivity index (χ3n) is 2.59. The van der Waals surface area contributed by atoms with Gasteiger partial charge in [-0.25, -0.2) is 4.98 Å². The van der Waals surface area contributed by atoms with E-state index in [1.807, 2.05) is 0 Å². The van der Waals surface area contributed by atoms with E-state index >= 15 is 0 Å². The first-order valence-corrected chi connectivity index (χ1v) is 5.17. The predicted molar refractivity (Wildman–Crippen MR) is 59.3 cm³/mol. The molecule has 0 aliphatic heterocycles. The average molecular weight is 222 g/mol. The van der Waals surface area contributed by atoms with Crippen LogP contribution in [0.4, 0.5) is 11.8 Å². The number of carbonyl (C=O) groups is 1. The monoisotopic (exact) mass is 222 g/mol. The number of carboxylic acid groups (broad SMARTS) is 1. The molecule has 1 aromatic heterocycles. The van der Waals surface area contributed by atoms with Crippen molar-refractivity contribution in [2.45, 2.75) is 25.2 Å². The molecule has 1 heterocycles. The average Bonchev–Trinajstić information content (AvgIpc) is 3.03. The summed E-state index contributed by atoms with van der Waals surface area (Å²) in [5.74, 6) is 0.165. The summed E-state index contributed by atoms with van der Waals surface area (Å²) in [6.07, 6.45) is 1.99. The van der Waals surface area contributed by atoms with E-state index in [1.54, 1.807) is 7.05 Å². The predicted octanol–water partition coefficient (Wildman–Crippen LogP) is 0.605. The number of nitrogens with zero attached hydrogens (tertiary/aromatic N) is 2. The van der Waals surface area contributed by atoms with Gasteiger partial charge in [0, 0.05) is 18.5 Å². The van der Waals surface area contributed by atoms with Gasteiger partial charge in [-0.15, -0.1) is 0 Å². The Morgan fingerprint density at radius 2 is 2.25 bits per heavy atom. The zero-order valence-electron chi connectivity index (χ0n) is 9.03. The minimum atomic E-state index is -0.908. The van der Waals surface area contributed by atoms with Crippen LogP contribution in [0.25, 0.3) is 0 Å². The highest BCUT2D eigenvalue weighted by molar-refractivity contribution is 5.73. The third kappa shape index (κ3) is 2.05. The molecule has 0 aromatic carbocycles. The largest absolute Gasteiger partial charge is 0.481 e. The molecule has 1 aliphatic rings. The van der Waals surface area contributed by atoms with Crippen LogP contribution >= 0.6 is 0 Å². The maximum atomic E-state index is 10.7. The molecule has 1 fully saturated rings. The number of rotatable bonds is 4. The Hall–Kier alpha value is -1.85. The first-order valence-electron chi connectivity index (χ1n) is 5.17. The summed E-state index contributed by atoms with van der Waals surface area (Å²) in [6.45, 7) is 0. The van der Waals surface area contributed by atoms with E-state index < -0.39 is 5.97 Å². The number of anilines is 2. The molecule has 0 bridgehead atoms. The van der Waals surface area contributed by atoms with E-state index in [-0.39, 0.29) is 12.2 Å². The molecule has 2 rings (SSSR count). The molecular formula is C10H14N4O2. The van der Waals surface area contributed by atoms with Gasteiger partial charge in [-0.2, -0.15) is 4.98 Å². The standard InChI is InChI=1S/C10H14N4O2/c1-12-10-13-8(5-2-3-5)6(4-7(15)16)9(11)14-10/h5H,2-4H2,1H3,(H,15,16)(H3,11,12,13,14). The molecule has 0 radical (unpaired) electrons. The smallest absolute Gasteiger partial charge is 0.308 e. The van der Waals surface area contributed by atoms with Crippen LogP contribution in [0, 0.1) is 0 Å². The van der Waals surface area contributed by atoms with E-state index in [0.717, 1.165) is 18.5 Å². The topological polar surface area (TPSA) is 101 Å². The molecule has 0 amide bonds. The lowest BCUT2D eigenvalue weighted by atomic mass is 10.1. The highest BCUT2D eigenvalue weighted by atomic mass is 16.4. The van der Waals surface area contributed by atoms with Crippen LogP contribution < -0.4 is 11.1 Å². The highest BCUT2D eigenvalue weighted by Crippen LogP contribution is 2.42. The van der Waals surface area contributed by atoms with Gasteiger partial charge in [-0.05, 0) is 12.8 Å². The summed E-state index contributed by atoms with van der Waals surface area (Å²) in [7, 11) is 1.71. The second-order valence-electron chi connectivity index (χ2n) is 3.89. The van der Waals surface area contributed by atoms with Gasteiger partial charge in [0.1, 0.15) is 5.82 Å². The van der Waals surface area contributed by atoms with E-state index in [0.29, 0.717) is 17.4 Å². The molecule has 6 nitrogen and oxygen atoms in total. The molecule has 1 saturated carbocycles. The van der Waals surface area contributed by atoms with E-state index in [4.69, 9.17) is 10.8 Å². The molecular weight excluding hydrogens is 208 g/mol. The van der Waals surface area contributed by atoms with Gasteiger partial charge < -0.3 is 16.2 Å². The second kappa shape index (κ2) is 3.96. The Morgan fingerprint density at radius 1 is 1.56 bits per heavy atom. The van der Waals surface area contributed by atoms with Crippen LogP contribution in [0.15, 0.2) is 0 Å². The molecule has 86 valence electrons. The first-order chi connectivity index (χ1) is 7.61. The lowest BCUT2D eigenvalue weighted by Gasteiger charge is -2.10. The van der Waals surface area contributed by atoms with Crippen molar-refractivity contribution in [2.24, 2.45) is 0 Å². The second-order valence-corrected chi connectivity index (χ2v) is 3.89. The summed E-state index contributed by atoms with van der Waals surface area (Å²) in [4.78, 5) is 19.1. The van der Waals surface area contributed by atoms with Crippen molar-refractivity contribution in [1.29, 1.82) is 0 Å². The molecule has 1 aromatic rings. The zero-order valence-corrected chi connectivity index (χ0v) is 9.03. The molecule has 16 heavy (non-hydrogen) atoms. The van der Waals surface area contributed by atoms with Gasteiger partial charge in [0.15, 0.2) is 0 Å². The third-order valence-corrected chi connectivity index (χ3v) is 2.59. The number of hydrogen-bond acceptors (Lipinski definition) is 5. The summed E-state index contributed by atoms with van der Waals surface area (Å²) in [5, 5.41) is 11.6. The first kappa shape index (κ1) is 10.7. The van der Waals surface area contributed by atoms with Gasteiger partial charge >= 0.3 is 5.97 Å².